The minimum Gasteiger partial charge on any atom is -0.496 e. The Bertz CT molecular complexity index is 969. The summed E-state index contributed by atoms with van der Waals surface area (Å²) in [7, 11) is -2.07. The summed E-state index contributed by atoms with van der Waals surface area (Å²) in [6, 6.07) is 12.4. The summed E-state index contributed by atoms with van der Waals surface area (Å²) in [5.41, 5.74) is 2.48. The molecule has 1 amide bonds. The van der Waals surface area contributed by atoms with E-state index in [0.717, 1.165) is 11.3 Å². The van der Waals surface area contributed by atoms with E-state index < -0.39 is 10.0 Å². The first-order chi connectivity index (χ1) is 13.9. The molecule has 1 aliphatic heterocycles. The lowest BCUT2D eigenvalue weighted by molar-refractivity contribution is -0.116. The number of sulfonamides is 1. The molecule has 0 spiro atoms. The lowest BCUT2D eigenvalue weighted by Crippen LogP contribution is -2.40. The molecular weight excluding hydrogens is 392 g/mol. The third kappa shape index (κ3) is 5.35. The second kappa shape index (κ2) is 9.39. The van der Waals surface area contributed by atoms with E-state index in [-0.39, 0.29) is 17.2 Å². The zero-order chi connectivity index (χ0) is 20.9. The number of methoxy groups -OCH3 is 1. The van der Waals surface area contributed by atoms with Crippen LogP contribution in [-0.4, -0.2) is 52.0 Å². The molecular formula is C21H26N2O5S. The van der Waals surface area contributed by atoms with Gasteiger partial charge in [0.25, 0.3) is 0 Å². The highest BCUT2D eigenvalue weighted by Crippen LogP contribution is 2.26. The maximum atomic E-state index is 12.9. The minimum absolute atomic E-state index is 0.140. The number of nitrogens with zero attached hydrogens (tertiary/aromatic N) is 1. The SMILES string of the molecule is COc1ccc(S(=O)(=O)N2CCOCC2)cc1CCC(=O)Nc1cccc(C)c1. The standard InChI is InChI=1S/C21H26N2O5S/c1-16-4-3-5-18(14-16)22-21(24)9-6-17-15-19(7-8-20(17)27-2)29(25,26)23-10-12-28-13-11-23/h3-5,7-8,14-15H,6,9-13H2,1-2H3,(H,22,24). The van der Waals surface area contributed by atoms with Crippen molar-refractivity contribution in [2.75, 3.05) is 38.7 Å². The second-order valence-electron chi connectivity index (χ2n) is 6.91. The predicted molar refractivity (Wildman–Crippen MR) is 111 cm³/mol. The molecule has 2 aromatic rings. The smallest absolute Gasteiger partial charge is 0.243 e. The van der Waals surface area contributed by atoms with Gasteiger partial charge < -0.3 is 14.8 Å². The predicted octanol–water partition coefficient (Wildman–Crippen LogP) is 2.60. The van der Waals surface area contributed by atoms with Crippen molar-refractivity contribution in [1.82, 2.24) is 4.31 Å². The number of rotatable bonds is 7. The van der Waals surface area contributed by atoms with Crippen LogP contribution >= 0.6 is 0 Å². The maximum absolute atomic E-state index is 12.9. The van der Waals surface area contributed by atoms with Crippen molar-refractivity contribution in [1.29, 1.82) is 0 Å². The van der Waals surface area contributed by atoms with E-state index in [2.05, 4.69) is 5.32 Å². The summed E-state index contributed by atoms with van der Waals surface area (Å²) in [4.78, 5) is 12.5. The first-order valence-corrected chi connectivity index (χ1v) is 11.0. The first-order valence-electron chi connectivity index (χ1n) is 9.51. The van der Waals surface area contributed by atoms with E-state index in [1.54, 1.807) is 18.2 Å². The Morgan fingerprint density at radius 1 is 1.17 bits per heavy atom. The normalized spacial score (nSPS) is 15.1. The summed E-state index contributed by atoms with van der Waals surface area (Å²) in [6.07, 6.45) is 0.582. The van der Waals surface area contributed by atoms with Crippen molar-refractivity contribution in [3.63, 3.8) is 0 Å². The Hall–Kier alpha value is -2.42. The van der Waals surface area contributed by atoms with Crippen molar-refractivity contribution >= 4 is 21.6 Å². The summed E-state index contributed by atoms with van der Waals surface area (Å²) in [5.74, 6) is 0.424. The number of carbonyl (C=O) groups excluding carboxylic acids is 1. The Morgan fingerprint density at radius 3 is 2.62 bits per heavy atom. The van der Waals surface area contributed by atoms with Gasteiger partial charge in [0, 0.05) is 25.2 Å². The number of amides is 1. The summed E-state index contributed by atoms with van der Waals surface area (Å²) < 4.78 is 37.8. The molecule has 0 saturated carbocycles. The maximum Gasteiger partial charge on any atom is 0.243 e. The van der Waals surface area contributed by atoms with E-state index in [1.165, 1.54) is 11.4 Å². The minimum atomic E-state index is -3.60. The Kier molecular flexibility index (Phi) is 6.89. The molecule has 0 unspecified atom stereocenters. The Labute approximate surface area is 171 Å². The molecule has 156 valence electrons. The quantitative estimate of drug-likeness (QED) is 0.747. The largest absolute Gasteiger partial charge is 0.496 e. The van der Waals surface area contributed by atoms with Gasteiger partial charge in [-0.2, -0.15) is 4.31 Å². The molecule has 7 nitrogen and oxygen atoms in total. The van der Waals surface area contributed by atoms with Crippen LogP contribution in [0.1, 0.15) is 17.5 Å². The van der Waals surface area contributed by atoms with Crippen LogP contribution in [0.2, 0.25) is 0 Å². The van der Waals surface area contributed by atoms with Crippen LogP contribution in [0.4, 0.5) is 5.69 Å². The molecule has 0 aromatic heterocycles. The Morgan fingerprint density at radius 2 is 1.93 bits per heavy atom. The van der Waals surface area contributed by atoms with Crippen LogP contribution in [0.25, 0.3) is 0 Å². The van der Waals surface area contributed by atoms with Crippen molar-refractivity contribution in [2.24, 2.45) is 0 Å². The van der Waals surface area contributed by atoms with Gasteiger partial charge in [-0.15, -0.1) is 0 Å². The Balaban J connectivity index is 1.72. The second-order valence-corrected chi connectivity index (χ2v) is 8.85. The average Bonchev–Trinajstić information content (AvgIpc) is 2.72. The number of carbonyl (C=O) groups is 1. The van der Waals surface area contributed by atoms with Gasteiger partial charge in [0.2, 0.25) is 15.9 Å². The molecule has 1 aliphatic rings. The lowest BCUT2D eigenvalue weighted by Gasteiger charge is -2.26. The topological polar surface area (TPSA) is 84.9 Å². The highest BCUT2D eigenvalue weighted by Gasteiger charge is 2.27. The number of nitrogens with one attached hydrogen (secondary N) is 1. The molecule has 1 N–H and O–H groups in total. The van der Waals surface area contributed by atoms with E-state index in [0.29, 0.717) is 44.0 Å². The first kappa shape index (κ1) is 21.3. The zero-order valence-electron chi connectivity index (χ0n) is 16.7. The van der Waals surface area contributed by atoms with Gasteiger partial charge in [-0.1, -0.05) is 12.1 Å². The van der Waals surface area contributed by atoms with E-state index >= 15 is 0 Å². The third-order valence-electron chi connectivity index (χ3n) is 4.78. The highest BCUT2D eigenvalue weighted by atomic mass is 32.2. The molecule has 1 heterocycles. The van der Waals surface area contributed by atoms with Gasteiger partial charge in [0.15, 0.2) is 0 Å². The number of anilines is 1. The van der Waals surface area contributed by atoms with Crippen molar-refractivity contribution in [2.45, 2.75) is 24.7 Å². The van der Waals surface area contributed by atoms with Gasteiger partial charge >= 0.3 is 0 Å². The monoisotopic (exact) mass is 418 g/mol. The summed E-state index contributed by atoms with van der Waals surface area (Å²) in [5, 5.41) is 2.87. The molecule has 0 bridgehead atoms. The molecule has 2 aromatic carbocycles. The van der Waals surface area contributed by atoms with Crippen molar-refractivity contribution < 1.29 is 22.7 Å². The van der Waals surface area contributed by atoms with Crippen LogP contribution in [0.5, 0.6) is 5.75 Å². The molecule has 1 saturated heterocycles. The van der Waals surface area contributed by atoms with E-state index in [4.69, 9.17) is 9.47 Å². The van der Waals surface area contributed by atoms with E-state index in [1.807, 2.05) is 31.2 Å². The zero-order valence-corrected chi connectivity index (χ0v) is 17.5. The molecule has 0 radical (unpaired) electrons. The summed E-state index contributed by atoms with van der Waals surface area (Å²) >= 11 is 0. The fraction of sp³-hybridized carbons (Fsp3) is 0.381. The van der Waals surface area contributed by atoms with Gasteiger partial charge in [-0.05, 0) is 54.8 Å². The van der Waals surface area contributed by atoms with Crippen LogP contribution in [0.15, 0.2) is 47.4 Å². The molecule has 0 aliphatic carbocycles. The van der Waals surface area contributed by atoms with Crippen molar-refractivity contribution in [3.05, 3.63) is 53.6 Å². The van der Waals surface area contributed by atoms with Crippen LogP contribution in [-0.2, 0) is 26.0 Å². The molecule has 1 fully saturated rings. The third-order valence-corrected chi connectivity index (χ3v) is 6.68. The molecule has 0 atom stereocenters. The number of morpholine rings is 1. The molecule has 8 heteroatoms. The average molecular weight is 419 g/mol. The number of aryl methyl sites for hydroxylation is 2. The number of ether oxygens (including phenoxy) is 2. The highest BCUT2D eigenvalue weighted by molar-refractivity contribution is 7.89. The summed E-state index contributed by atoms with van der Waals surface area (Å²) in [6.45, 7) is 3.41. The van der Waals surface area contributed by atoms with Crippen molar-refractivity contribution in [3.8, 4) is 5.75 Å². The van der Waals surface area contributed by atoms with Crippen LogP contribution < -0.4 is 10.1 Å². The fourth-order valence-corrected chi connectivity index (χ4v) is 4.70. The number of benzene rings is 2. The van der Waals surface area contributed by atoms with Gasteiger partial charge in [0.1, 0.15) is 5.75 Å². The fourth-order valence-electron chi connectivity index (χ4n) is 3.24. The molecule has 3 rings (SSSR count). The van der Waals surface area contributed by atoms with Gasteiger partial charge in [-0.25, -0.2) is 8.42 Å². The number of hydrogen-bond donors (Lipinski definition) is 1. The van der Waals surface area contributed by atoms with Crippen LogP contribution in [0, 0.1) is 6.92 Å². The van der Waals surface area contributed by atoms with Gasteiger partial charge in [-0.3, -0.25) is 4.79 Å². The molecule has 29 heavy (non-hydrogen) atoms. The number of hydrogen-bond acceptors (Lipinski definition) is 5. The van der Waals surface area contributed by atoms with E-state index in [9.17, 15) is 13.2 Å². The van der Waals surface area contributed by atoms with Gasteiger partial charge in [0.05, 0.1) is 25.2 Å². The van der Waals surface area contributed by atoms with Crippen LogP contribution in [0.3, 0.4) is 0 Å². The lowest BCUT2D eigenvalue weighted by atomic mass is 10.1.